The molecule has 0 saturated carbocycles. The molecular weight excluding hydrogens is 344 g/mol. The average molecular weight is 359 g/mol. The third-order valence-corrected chi connectivity index (χ3v) is 3.56. The Labute approximate surface area is 149 Å². The van der Waals surface area contributed by atoms with Gasteiger partial charge in [0.2, 0.25) is 0 Å². The molecule has 2 aromatic heterocycles. The molecule has 0 bridgehead atoms. The largest absolute Gasteiger partial charge is 0.495 e. The van der Waals surface area contributed by atoms with Crippen molar-refractivity contribution in [2.75, 3.05) is 12.4 Å². The summed E-state index contributed by atoms with van der Waals surface area (Å²) in [5.41, 5.74) is 0.862. The maximum Gasteiger partial charge on any atom is 0.270 e. The van der Waals surface area contributed by atoms with Crippen molar-refractivity contribution >= 4 is 29.0 Å². The number of carbonyl (C=O) groups excluding carboxylic acids is 1. The number of methoxy groups -OCH3 is 1. The number of nitrogens with one attached hydrogen (secondary N) is 2. The first-order valence-corrected chi connectivity index (χ1v) is 7.76. The van der Waals surface area contributed by atoms with Gasteiger partial charge in [0.1, 0.15) is 29.3 Å². The predicted molar refractivity (Wildman–Crippen MR) is 93.2 cm³/mol. The summed E-state index contributed by atoms with van der Waals surface area (Å²) < 4.78 is 10.4. The van der Waals surface area contributed by atoms with E-state index in [0.29, 0.717) is 28.0 Å². The van der Waals surface area contributed by atoms with Gasteiger partial charge in [-0.1, -0.05) is 11.6 Å². The number of aromatic nitrogens is 2. The summed E-state index contributed by atoms with van der Waals surface area (Å²) in [5.74, 6) is 1.37. The molecule has 3 rings (SSSR count). The van der Waals surface area contributed by atoms with Crippen molar-refractivity contribution < 1.29 is 13.9 Å². The van der Waals surface area contributed by atoms with E-state index in [-0.39, 0.29) is 18.1 Å². The lowest BCUT2D eigenvalue weighted by Gasteiger charge is -2.11. The van der Waals surface area contributed by atoms with E-state index in [4.69, 9.17) is 20.8 Å². The number of furan rings is 1. The van der Waals surface area contributed by atoms with Gasteiger partial charge in [-0.2, -0.15) is 0 Å². The van der Waals surface area contributed by atoms with E-state index in [1.165, 1.54) is 12.4 Å². The van der Waals surface area contributed by atoms with Gasteiger partial charge in [0, 0.05) is 11.1 Å². The summed E-state index contributed by atoms with van der Waals surface area (Å²) in [6, 6.07) is 10.2. The van der Waals surface area contributed by atoms with E-state index < -0.39 is 0 Å². The van der Waals surface area contributed by atoms with Crippen molar-refractivity contribution in [3.8, 4) is 5.75 Å². The predicted octanol–water partition coefficient (Wildman–Crippen LogP) is 3.41. The summed E-state index contributed by atoms with van der Waals surface area (Å²) in [6.07, 6.45) is 2.85. The lowest BCUT2D eigenvalue weighted by Crippen LogP contribution is -2.23. The highest BCUT2D eigenvalue weighted by atomic mass is 35.5. The van der Waals surface area contributed by atoms with Gasteiger partial charge >= 0.3 is 0 Å². The first-order chi connectivity index (χ1) is 12.2. The minimum absolute atomic E-state index is 0.227. The van der Waals surface area contributed by atoms with Crippen LogP contribution in [0.1, 0.15) is 16.2 Å². The number of benzene rings is 1. The average Bonchev–Trinajstić information content (AvgIpc) is 3.14. The number of rotatable bonds is 6. The number of ether oxygens (including phenoxy) is 1. The second-order valence-electron chi connectivity index (χ2n) is 5.02. The zero-order chi connectivity index (χ0) is 17.6. The molecule has 0 unspecified atom stereocenters. The number of hydrogen-bond donors (Lipinski definition) is 2. The smallest absolute Gasteiger partial charge is 0.270 e. The molecule has 0 aliphatic heterocycles. The van der Waals surface area contributed by atoms with Crippen LogP contribution >= 0.6 is 11.6 Å². The van der Waals surface area contributed by atoms with Gasteiger partial charge in [0.05, 0.1) is 25.6 Å². The summed E-state index contributed by atoms with van der Waals surface area (Å²) >= 11 is 6.01. The lowest BCUT2D eigenvalue weighted by atomic mass is 10.3. The molecule has 0 aliphatic rings. The fraction of sp³-hybridized carbons (Fsp3) is 0.118. The number of halogens is 1. The van der Waals surface area contributed by atoms with Gasteiger partial charge in [-0.3, -0.25) is 4.79 Å². The number of amides is 1. The molecule has 0 saturated heterocycles. The Morgan fingerprint density at radius 2 is 2.16 bits per heavy atom. The Hall–Kier alpha value is -3.06. The molecule has 25 heavy (non-hydrogen) atoms. The van der Waals surface area contributed by atoms with Gasteiger partial charge in [-0.15, -0.1) is 0 Å². The molecule has 0 fully saturated rings. The van der Waals surface area contributed by atoms with Crippen LogP contribution in [-0.2, 0) is 6.54 Å². The highest BCUT2D eigenvalue weighted by molar-refractivity contribution is 6.31. The Morgan fingerprint density at radius 1 is 1.28 bits per heavy atom. The van der Waals surface area contributed by atoms with Crippen molar-refractivity contribution in [1.82, 2.24) is 15.3 Å². The van der Waals surface area contributed by atoms with Gasteiger partial charge in [-0.25, -0.2) is 9.97 Å². The topological polar surface area (TPSA) is 89.3 Å². The molecule has 128 valence electrons. The Balaban J connectivity index is 1.73. The maximum atomic E-state index is 12.2. The molecule has 0 spiro atoms. The molecule has 0 atom stereocenters. The van der Waals surface area contributed by atoms with Crippen molar-refractivity contribution in [3.05, 3.63) is 65.5 Å². The van der Waals surface area contributed by atoms with E-state index in [1.807, 2.05) is 0 Å². The Morgan fingerprint density at radius 3 is 2.92 bits per heavy atom. The maximum absolute atomic E-state index is 12.2. The number of hydrogen-bond acceptors (Lipinski definition) is 6. The summed E-state index contributed by atoms with van der Waals surface area (Å²) in [4.78, 5) is 20.3. The SMILES string of the molecule is COc1ccc(Cl)cc1Nc1cc(C(=O)NCc2ccco2)ncn1. The zero-order valence-corrected chi connectivity index (χ0v) is 14.1. The third kappa shape index (κ3) is 4.27. The molecule has 0 aliphatic carbocycles. The minimum Gasteiger partial charge on any atom is -0.495 e. The van der Waals surface area contributed by atoms with Crippen LogP contribution in [0.15, 0.2) is 53.4 Å². The van der Waals surface area contributed by atoms with Crippen LogP contribution in [-0.4, -0.2) is 23.0 Å². The fourth-order valence-electron chi connectivity index (χ4n) is 2.14. The molecule has 7 nitrogen and oxygen atoms in total. The van der Waals surface area contributed by atoms with E-state index in [1.54, 1.807) is 43.7 Å². The molecule has 0 radical (unpaired) electrons. The molecule has 3 aromatic rings. The number of nitrogens with zero attached hydrogens (tertiary/aromatic N) is 2. The van der Waals surface area contributed by atoms with E-state index >= 15 is 0 Å². The molecule has 2 N–H and O–H groups in total. The van der Waals surface area contributed by atoms with Gasteiger partial charge in [-0.05, 0) is 30.3 Å². The highest BCUT2D eigenvalue weighted by Crippen LogP contribution is 2.29. The van der Waals surface area contributed by atoms with Gasteiger partial charge < -0.3 is 19.8 Å². The Bertz CT molecular complexity index is 868. The normalized spacial score (nSPS) is 10.3. The summed E-state index contributed by atoms with van der Waals surface area (Å²) in [5, 5.41) is 6.35. The highest BCUT2D eigenvalue weighted by Gasteiger charge is 2.11. The van der Waals surface area contributed by atoms with Gasteiger partial charge in [0.15, 0.2) is 0 Å². The quantitative estimate of drug-likeness (QED) is 0.702. The van der Waals surface area contributed by atoms with Crippen LogP contribution in [0.2, 0.25) is 5.02 Å². The van der Waals surface area contributed by atoms with Crippen molar-refractivity contribution in [1.29, 1.82) is 0 Å². The van der Waals surface area contributed by atoms with E-state index in [2.05, 4.69) is 20.6 Å². The van der Waals surface area contributed by atoms with Crippen LogP contribution in [0, 0.1) is 0 Å². The van der Waals surface area contributed by atoms with E-state index in [9.17, 15) is 4.79 Å². The van der Waals surface area contributed by atoms with Crippen LogP contribution in [0.5, 0.6) is 5.75 Å². The fourth-order valence-corrected chi connectivity index (χ4v) is 2.31. The van der Waals surface area contributed by atoms with Crippen LogP contribution in [0.25, 0.3) is 0 Å². The first kappa shape index (κ1) is 16.8. The van der Waals surface area contributed by atoms with Crippen molar-refractivity contribution in [2.45, 2.75) is 6.54 Å². The molecule has 1 aromatic carbocycles. The van der Waals surface area contributed by atoms with Crippen molar-refractivity contribution in [2.24, 2.45) is 0 Å². The monoisotopic (exact) mass is 358 g/mol. The third-order valence-electron chi connectivity index (χ3n) is 3.33. The molecule has 2 heterocycles. The number of carbonyl (C=O) groups is 1. The second-order valence-corrected chi connectivity index (χ2v) is 5.46. The van der Waals surface area contributed by atoms with Crippen molar-refractivity contribution in [3.63, 3.8) is 0 Å². The first-order valence-electron chi connectivity index (χ1n) is 7.39. The molecular formula is C17H15ClN4O3. The summed E-state index contributed by atoms with van der Waals surface area (Å²) in [7, 11) is 1.56. The minimum atomic E-state index is -0.333. The molecule has 1 amide bonds. The summed E-state index contributed by atoms with van der Waals surface area (Å²) in [6.45, 7) is 0.278. The van der Waals surface area contributed by atoms with Gasteiger partial charge in [0.25, 0.3) is 5.91 Å². The second kappa shape index (κ2) is 7.67. The van der Waals surface area contributed by atoms with Crippen LogP contribution in [0.4, 0.5) is 11.5 Å². The van der Waals surface area contributed by atoms with Crippen LogP contribution in [0.3, 0.4) is 0 Å². The zero-order valence-electron chi connectivity index (χ0n) is 13.3. The standard InChI is InChI=1S/C17H15ClN4O3/c1-24-15-5-4-11(18)7-13(15)22-16-8-14(20-10-21-16)17(23)19-9-12-3-2-6-25-12/h2-8,10H,9H2,1H3,(H,19,23)(H,20,21,22). The molecule has 8 heteroatoms. The lowest BCUT2D eigenvalue weighted by molar-refractivity contribution is 0.0943. The number of anilines is 2. The van der Waals surface area contributed by atoms with E-state index in [0.717, 1.165) is 0 Å². The van der Waals surface area contributed by atoms with Crippen LogP contribution < -0.4 is 15.4 Å². The Kier molecular flexibility index (Phi) is 5.15.